The zero-order valence-corrected chi connectivity index (χ0v) is 15.9. The van der Waals surface area contributed by atoms with Crippen molar-refractivity contribution in [3.05, 3.63) is 51.4 Å². The molecule has 2 N–H and O–H groups in total. The number of halogens is 2. The van der Waals surface area contributed by atoms with E-state index in [9.17, 15) is 18.4 Å². The molecule has 1 aromatic heterocycles. The topological polar surface area (TPSA) is 84.1 Å². The van der Waals surface area contributed by atoms with Crippen LogP contribution >= 0.6 is 11.8 Å². The van der Waals surface area contributed by atoms with Crippen molar-refractivity contribution in [3.63, 3.8) is 0 Å². The summed E-state index contributed by atoms with van der Waals surface area (Å²) in [4.78, 5) is 30.3. The maximum absolute atomic E-state index is 12.4. The molecule has 0 aliphatic rings. The van der Waals surface area contributed by atoms with E-state index in [0.29, 0.717) is 24.2 Å². The second kappa shape index (κ2) is 10.1. The molecule has 0 saturated carbocycles. The molecule has 0 unspecified atom stereocenters. The Morgan fingerprint density at radius 3 is 2.59 bits per heavy atom. The van der Waals surface area contributed by atoms with E-state index in [1.807, 2.05) is 24.3 Å². The Morgan fingerprint density at radius 1 is 1.30 bits per heavy atom. The van der Waals surface area contributed by atoms with Crippen LogP contribution in [0.4, 0.5) is 8.78 Å². The van der Waals surface area contributed by atoms with Gasteiger partial charge in [-0.3, -0.25) is 9.59 Å². The van der Waals surface area contributed by atoms with E-state index in [0.717, 1.165) is 11.3 Å². The highest BCUT2D eigenvalue weighted by Crippen LogP contribution is 2.21. The molecule has 2 aromatic rings. The van der Waals surface area contributed by atoms with Crippen molar-refractivity contribution in [2.24, 2.45) is 0 Å². The lowest BCUT2D eigenvalue weighted by atomic mass is 10.1. The number of aryl methyl sites for hydroxylation is 1. The number of ether oxygens (including phenoxy) is 1. The normalized spacial score (nSPS) is 10.9. The average Bonchev–Trinajstić information content (AvgIpc) is 2.61. The van der Waals surface area contributed by atoms with Crippen LogP contribution in [0.1, 0.15) is 23.2 Å². The largest absolute Gasteiger partial charge is 0.497 e. The van der Waals surface area contributed by atoms with E-state index < -0.39 is 11.3 Å². The van der Waals surface area contributed by atoms with E-state index in [1.54, 1.807) is 14.0 Å². The van der Waals surface area contributed by atoms with E-state index in [1.165, 1.54) is 0 Å². The summed E-state index contributed by atoms with van der Waals surface area (Å²) in [5.74, 6) is -2.07. The Balaban J connectivity index is 1.81. The summed E-state index contributed by atoms with van der Waals surface area (Å²) in [7, 11) is 1.60. The Hall–Kier alpha value is -2.42. The quantitative estimate of drug-likeness (QED) is 0.502. The third-order valence-electron chi connectivity index (χ3n) is 3.90. The van der Waals surface area contributed by atoms with Crippen molar-refractivity contribution in [1.29, 1.82) is 0 Å². The fourth-order valence-corrected chi connectivity index (χ4v) is 2.99. The molecule has 0 saturated heterocycles. The van der Waals surface area contributed by atoms with Gasteiger partial charge in [-0.1, -0.05) is 12.1 Å². The van der Waals surface area contributed by atoms with E-state index >= 15 is 0 Å². The lowest BCUT2D eigenvalue weighted by Gasteiger charge is -2.08. The van der Waals surface area contributed by atoms with Crippen molar-refractivity contribution >= 4 is 17.7 Å². The zero-order chi connectivity index (χ0) is 19.8. The summed E-state index contributed by atoms with van der Waals surface area (Å²) in [6.07, 6.45) is 0.994. The van der Waals surface area contributed by atoms with Gasteiger partial charge in [-0.15, -0.1) is 0 Å². The van der Waals surface area contributed by atoms with E-state index in [-0.39, 0.29) is 35.7 Å². The third-order valence-corrected chi connectivity index (χ3v) is 4.49. The predicted octanol–water partition coefficient (Wildman–Crippen LogP) is 2.69. The lowest BCUT2D eigenvalue weighted by molar-refractivity contribution is -0.121. The number of thioether (sulfide) groups is 1. The number of alkyl halides is 2. The molecule has 1 amide bonds. The fraction of sp³-hybridized carbons (Fsp3) is 0.389. The Labute approximate surface area is 159 Å². The Bertz CT molecular complexity index is 826. The first-order valence-corrected chi connectivity index (χ1v) is 9.21. The summed E-state index contributed by atoms with van der Waals surface area (Å²) >= 11 is 0.184. The molecule has 0 atom stereocenters. The van der Waals surface area contributed by atoms with Gasteiger partial charge < -0.3 is 15.0 Å². The second-order valence-corrected chi connectivity index (χ2v) is 6.74. The molecule has 0 fully saturated rings. The van der Waals surface area contributed by atoms with Crippen LogP contribution in [-0.4, -0.2) is 35.3 Å². The van der Waals surface area contributed by atoms with Crippen molar-refractivity contribution in [3.8, 4) is 5.75 Å². The fourth-order valence-electron chi connectivity index (χ4n) is 2.48. The minimum Gasteiger partial charge on any atom is -0.497 e. The molecule has 0 bridgehead atoms. The minimum atomic E-state index is -2.66. The van der Waals surface area contributed by atoms with Crippen LogP contribution in [0.2, 0.25) is 0 Å². The number of amides is 1. The van der Waals surface area contributed by atoms with Crippen LogP contribution in [0.3, 0.4) is 0 Å². The molecule has 0 radical (unpaired) electrons. The maximum Gasteiger partial charge on any atom is 0.291 e. The van der Waals surface area contributed by atoms with Crippen LogP contribution in [-0.2, 0) is 17.6 Å². The summed E-state index contributed by atoms with van der Waals surface area (Å²) in [6, 6.07) is 7.57. The first kappa shape index (κ1) is 20.9. The SMILES string of the molecule is COc1ccc(CCNC(=O)CCc2c(C)nc(SC(F)F)[nH]c2=O)cc1. The zero-order valence-electron chi connectivity index (χ0n) is 15.1. The highest BCUT2D eigenvalue weighted by Gasteiger charge is 2.13. The molecular weight excluding hydrogens is 376 g/mol. The average molecular weight is 397 g/mol. The maximum atomic E-state index is 12.4. The summed E-state index contributed by atoms with van der Waals surface area (Å²) in [5.41, 5.74) is 1.27. The van der Waals surface area contributed by atoms with Crippen LogP contribution in [0.25, 0.3) is 0 Å². The summed E-state index contributed by atoms with van der Waals surface area (Å²) in [5, 5.41) is 2.68. The first-order valence-electron chi connectivity index (χ1n) is 8.33. The number of carbonyl (C=O) groups is 1. The van der Waals surface area contributed by atoms with Crippen molar-refractivity contribution < 1.29 is 18.3 Å². The van der Waals surface area contributed by atoms with Gasteiger partial charge in [-0.25, -0.2) is 4.98 Å². The highest BCUT2D eigenvalue weighted by atomic mass is 32.2. The molecule has 2 rings (SSSR count). The number of H-pyrrole nitrogens is 1. The number of hydrogen-bond acceptors (Lipinski definition) is 5. The Kier molecular flexibility index (Phi) is 7.78. The number of benzene rings is 1. The Morgan fingerprint density at radius 2 is 2.00 bits per heavy atom. The molecule has 9 heteroatoms. The number of aromatic nitrogens is 2. The number of methoxy groups -OCH3 is 1. The van der Waals surface area contributed by atoms with E-state index in [4.69, 9.17) is 4.74 Å². The molecule has 6 nitrogen and oxygen atoms in total. The molecular formula is C18H21F2N3O3S. The summed E-state index contributed by atoms with van der Waals surface area (Å²) in [6.45, 7) is 2.05. The number of carbonyl (C=O) groups excluding carboxylic acids is 1. The molecule has 0 aliphatic heterocycles. The minimum absolute atomic E-state index is 0.121. The summed E-state index contributed by atoms with van der Waals surface area (Å²) < 4.78 is 29.8. The van der Waals surface area contributed by atoms with Gasteiger partial charge in [0.25, 0.3) is 11.3 Å². The monoisotopic (exact) mass is 397 g/mol. The number of aromatic amines is 1. The second-order valence-electron chi connectivity index (χ2n) is 5.76. The van der Waals surface area contributed by atoms with Crippen LogP contribution < -0.4 is 15.6 Å². The van der Waals surface area contributed by atoms with Gasteiger partial charge in [-0.2, -0.15) is 8.78 Å². The smallest absolute Gasteiger partial charge is 0.291 e. The van der Waals surface area contributed by atoms with Crippen molar-refractivity contribution in [1.82, 2.24) is 15.3 Å². The van der Waals surface area contributed by atoms with E-state index in [2.05, 4.69) is 15.3 Å². The number of nitrogens with one attached hydrogen (secondary N) is 2. The van der Waals surface area contributed by atoms with Crippen molar-refractivity contribution in [2.45, 2.75) is 37.1 Å². The van der Waals surface area contributed by atoms with Crippen LogP contribution in [0.5, 0.6) is 5.75 Å². The molecule has 27 heavy (non-hydrogen) atoms. The van der Waals surface area contributed by atoms with Gasteiger partial charge in [0.1, 0.15) is 5.75 Å². The van der Waals surface area contributed by atoms with Crippen molar-refractivity contribution in [2.75, 3.05) is 13.7 Å². The highest BCUT2D eigenvalue weighted by molar-refractivity contribution is 7.99. The molecule has 0 spiro atoms. The predicted molar refractivity (Wildman–Crippen MR) is 99.5 cm³/mol. The number of nitrogens with zero attached hydrogens (tertiary/aromatic N) is 1. The number of hydrogen-bond donors (Lipinski definition) is 2. The van der Waals surface area contributed by atoms with Gasteiger partial charge in [0.15, 0.2) is 5.16 Å². The molecule has 146 valence electrons. The first-order chi connectivity index (χ1) is 12.9. The van der Waals surface area contributed by atoms with Gasteiger partial charge in [0, 0.05) is 24.2 Å². The third kappa shape index (κ3) is 6.67. The van der Waals surface area contributed by atoms with Gasteiger partial charge in [-0.05, 0) is 49.2 Å². The molecule has 1 heterocycles. The van der Waals surface area contributed by atoms with Gasteiger partial charge >= 0.3 is 0 Å². The number of rotatable bonds is 9. The van der Waals surface area contributed by atoms with Crippen LogP contribution in [0.15, 0.2) is 34.2 Å². The molecule has 0 aliphatic carbocycles. The van der Waals surface area contributed by atoms with Crippen LogP contribution in [0, 0.1) is 6.92 Å². The molecule has 1 aromatic carbocycles. The standard InChI is InChI=1S/C18H21F2N3O3S/c1-11-14(16(25)23-18(22-11)27-17(19)20)7-8-15(24)21-10-9-12-3-5-13(26-2)6-4-12/h3-6,17H,7-10H2,1-2H3,(H,21,24)(H,22,23,25). The lowest BCUT2D eigenvalue weighted by Crippen LogP contribution is -2.27. The van der Waals surface area contributed by atoms with Gasteiger partial charge in [0.2, 0.25) is 5.91 Å². The van der Waals surface area contributed by atoms with Gasteiger partial charge in [0.05, 0.1) is 7.11 Å².